The van der Waals surface area contributed by atoms with Crippen molar-refractivity contribution in [2.75, 3.05) is 0 Å². The SMILES string of the molecule is Cc1cc2c(c(-c3nccc4c(CC(C)C)cc(C5CCC(F)(F)C5)cc34)c1)Cc1ccccc1-2. The van der Waals surface area contributed by atoms with Crippen LogP contribution in [0, 0.1) is 12.8 Å². The molecule has 0 amide bonds. The molecule has 0 spiro atoms. The molecular formula is C32H31F2N. The van der Waals surface area contributed by atoms with Crippen molar-refractivity contribution in [3.05, 3.63) is 88.6 Å². The minimum absolute atomic E-state index is 0.0151. The highest BCUT2D eigenvalue weighted by atomic mass is 19.3. The number of fused-ring (bicyclic) bond motifs is 4. The molecule has 1 heterocycles. The number of benzene rings is 3. The summed E-state index contributed by atoms with van der Waals surface area (Å²) in [5.41, 5.74) is 10.9. The van der Waals surface area contributed by atoms with Crippen LogP contribution in [-0.4, -0.2) is 10.9 Å². The minimum atomic E-state index is -2.56. The van der Waals surface area contributed by atoms with Gasteiger partial charge in [0.15, 0.2) is 0 Å². The number of halogens is 2. The number of pyridine rings is 1. The van der Waals surface area contributed by atoms with Crippen molar-refractivity contribution < 1.29 is 8.78 Å². The Kier molecular flexibility index (Phi) is 5.28. The van der Waals surface area contributed by atoms with E-state index in [1.54, 1.807) is 0 Å². The molecule has 3 heteroatoms. The maximum Gasteiger partial charge on any atom is 0.248 e. The van der Waals surface area contributed by atoms with Gasteiger partial charge in [-0.2, -0.15) is 0 Å². The molecule has 0 bridgehead atoms. The van der Waals surface area contributed by atoms with Crippen LogP contribution >= 0.6 is 0 Å². The van der Waals surface area contributed by atoms with Gasteiger partial charge in [-0.15, -0.1) is 0 Å². The van der Waals surface area contributed by atoms with Crippen LogP contribution in [0.2, 0.25) is 0 Å². The smallest absolute Gasteiger partial charge is 0.248 e. The number of nitrogens with zero attached hydrogens (tertiary/aromatic N) is 1. The van der Waals surface area contributed by atoms with Gasteiger partial charge in [-0.3, -0.25) is 4.98 Å². The van der Waals surface area contributed by atoms with Crippen LogP contribution in [0.5, 0.6) is 0 Å². The molecule has 6 rings (SSSR count). The Hall–Kier alpha value is -3.07. The molecule has 1 aromatic heterocycles. The van der Waals surface area contributed by atoms with Crippen molar-refractivity contribution in [3.8, 4) is 22.4 Å². The van der Waals surface area contributed by atoms with Crippen LogP contribution in [0.3, 0.4) is 0 Å². The van der Waals surface area contributed by atoms with Crippen molar-refractivity contribution in [2.24, 2.45) is 5.92 Å². The molecule has 4 aromatic rings. The zero-order valence-electron chi connectivity index (χ0n) is 20.7. The zero-order chi connectivity index (χ0) is 24.3. The molecule has 3 aromatic carbocycles. The normalized spacial score (nSPS) is 18.3. The predicted molar refractivity (Wildman–Crippen MR) is 140 cm³/mol. The van der Waals surface area contributed by atoms with Crippen molar-refractivity contribution in [3.63, 3.8) is 0 Å². The molecule has 1 fully saturated rings. The molecule has 1 nitrogen and oxygen atoms in total. The number of hydrogen-bond acceptors (Lipinski definition) is 1. The Labute approximate surface area is 206 Å². The molecule has 1 unspecified atom stereocenters. The summed E-state index contributed by atoms with van der Waals surface area (Å²) >= 11 is 0. The Bertz CT molecular complexity index is 1450. The van der Waals surface area contributed by atoms with Gasteiger partial charge in [-0.25, -0.2) is 8.78 Å². The Morgan fingerprint density at radius 1 is 0.971 bits per heavy atom. The number of alkyl halides is 2. The lowest BCUT2D eigenvalue weighted by Crippen LogP contribution is -2.09. The third-order valence-corrected chi connectivity index (χ3v) is 7.82. The summed E-state index contributed by atoms with van der Waals surface area (Å²) in [4.78, 5) is 4.93. The molecular weight excluding hydrogens is 436 g/mol. The molecule has 0 N–H and O–H groups in total. The van der Waals surface area contributed by atoms with E-state index in [0.717, 1.165) is 29.5 Å². The summed E-state index contributed by atoms with van der Waals surface area (Å²) in [7, 11) is 0. The van der Waals surface area contributed by atoms with Gasteiger partial charge in [0, 0.05) is 30.0 Å². The lowest BCUT2D eigenvalue weighted by molar-refractivity contribution is 0.00776. The highest BCUT2D eigenvalue weighted by Crippen LogP contribution is 2.47. The van der Waals surface area contributed by atoms with E-state index in [0.29, 0.717) is 12.3 Å². The van der Waals surface area contributed by atoms with Gasteiger partial charge in [-0.1, -0.05) is 50.2 Å². The first-order valence-corrected chi connectivity index (χ1v) is 12.8. The molecule has 0 radical (unpaired) electrons. The van der Waals surface area contributed by atoms with Crippen molar-refractivity contribution in [1.29, 1.82) is 0 Å². The molecule has 1 saturated carbocycles. The summed E-state index contributed by atoms with van der Waals surface area (Å²) in [6, 6.07) is 19.7. The largest absolute Gasteiger partial charge is 0.256 e. The van der Waals surface area contributed by atoms with Crippen LogP contribution in [0.1, 0.15) is 66.8 Å². The predicted octanol–water partition coefficient (Wildman–Crippen LogP) is 8.88. The second-order valence-electron chi connectivity index (χ2n) is 11.0. The number of rotatable bonds is 4. The van der Waals surface area contributed by atoms with Gasteiger partial charge < -0.3 is 0 Å². The van der Waals surface area contributed by atoms with E-state index in [9.17, 15) is 8.78 Å². The zero-order valence-corrected chi connectivity index (χ0v) is 20.7. The maximum absolute atomic E-state index is 14.2. The van der Waals surface area contributed by atoms with Gasteiger partial charge in [0.25, 0.3) is 0 Å². The van der Waals surface area contributed by atoms with Gasteiger partial charge in [0.2, 0.25) is 5.92 Å². The average Bonchev–Trinajstić information content (AvgIpc) is 3.37. The minimum Gasteiger partial charge on any atom is -0.256 e. The van der Waals surface area contributed by atoms with Gasteiger partial charge in [0.1, 0.15) is 0 Å². The fourth-order valence-corrected chi connectivity index (χ4v) is 6.27. The summed E-state index contributed by atoms with van der Waals surface area (Å²) < 4.78 is 28.3. The van der Waals surface area contributed by atoms with E-state index < -0.39 is 5.92 Å². The van der Waals surface area contributed by atoms with Crippen molar-refractivity contribution in [2.45, 2.75) is 64.7 Å². The van der Waals surface area contributed by atoms with Crippen LogP contribution < -0.4 is 0 Å². The van der Waals surface area contributed by atoms with Crippen molar-refractivity contribution >= 4 is 10.8 Å². The van der Waals surface area contributed by atoms with E-state index in [1.807, 2.05) is 6.20 Å². The summed E-state index contributed by atoms with van der Waals surface area (Å²) in [6.45, 7) is 6.58. The second-order valence-corrected chi connectivity index (χ2v) is 11.0. The average molecular weight is 468 g/mol. The number of aromatic nitrogens is 1. The first kappa shape index (κ1) is 22.4. The van der Waals surface area contributed by atoms with Gasteiger partial charge in [0.05, 0.1) is 5.69 Å². The highest BCUT2D eigenvalue weighted by Gasteiger charge is 2.40. The summed E-state index contributed by atoms with van der Waals surface area (Å²) in [5.74, 6) is -2.17. The quantitative estimate of drug-likeness (QED) is 0.257. The van der Waals surface area contributed by atoms with E-state index >= 15 is 0 Å². The molecule has 1 atom stereocenters. The van der Waals surface area contributed by atoms with Crippen molar-refractivity contribution in [1.82, 2.24) is 4.98 Å². The molecule has 0 saturated heterocycles. The summed E-state index contributed by atoms with van der Waals surface area (Å²) in [5, 5.41) is 2.29. The van der Waals surface area contributed by atoms with Crippen LogP contribution in [0.4, 0.5) is 8.78 Å². The first-order valence-electron chi connectivity index (χ1n) is 12.8. The monoisotopic (exact) mass is 467 g/mol. The maximum atomic E-state index is 14.2. The Morgan fingerprint density at radius 2 is 1.77 bits per heavy atom. The van der Waals surface area contributed by atoms with E-state index in [2.05, 4.69) is 75.4 Å². The summed E-state index contributed by atoms with van der Waals surface area (Å²) in [6.07, 6.45) is 4.22. The molecule has 2 aliphatic rings. The van der Waals surface area contributed by atoms with Gasteiger partial charge >= 0.3 is 0 Å². The number of hydrogen-bond donors (Lipinski definition) is 0. The third kappa shape index (κ3) is 3.95. The second kappa shape index (κ2) is 8.26. The van der Waals surface area contributed by atoms with Crippen LogP contribution in [0.15, 0.2) is 60.8 Å². The number of aryl methyl sites for hydroxylation is 1. The fourth-order valence-electron chi connectivity index (χ4n) is 6.27. The Balaban J connectivity index is 1.58. The topological polar surface area (TPSA) is 12.9 Å². The van der Waals surface area contributed by atoms with E-state index in [4.69, 9.17) is 4.98 Å². The van der Waals surface area contributed by atoms with E-state index in [1.165, 1.54) is 44.3 Å². The first-order chi connectivity index (χ1) is 16.8. The third-order valence-electron chi connectivity index (χ3n) is 7.82. The molecule has 0 aliphatic heterocycles. The van der Waals surface area contributed by atoms with Gasteiger partial charge in [-0.05, 0) is 101 Å². The standard InChI is InChI=1S/C32H31F2N/c1-19(2)12-24-15-23(22-8-10-32(33,34)18-22)17-30-26(24)9-11-35-31(30)29-14-20(3)13-27-25-7-5-4-6-21(25)16-28(27)29/h4-7,9,11,13-15,17,19,22H,8,10,12,16,18H2,1-3H3. The molecule has 178 valence electrons. The fraction of sp³-hybridized carbons (Fsp3) is 0.344. The highest BCUT2D eigenvalue weighted by molar-refractivity contribution is 5.99. The van der Waals surface area contributed by atoms with E-state index in [-0.39, 0.29) is 18.8 Å². The van der Waals surface area contributed by atoms with Crippen LogP contribution in [-0.2, 0) is 12.8 Å². The molecule has 35 heavy (non-hydrogen) atoms. The Morgan fingerprint density at radius 3 is 2.54 bits per heavy atom. The molecule has 2 aliphatic carbocycles. The van der Waals surface area contributed by atoms with Crippen LogP contribution in [0.25, 0.3) is 33.2 Å². The lowest BCUT2D eigenvalue weighted by Gasteiger charge is -2.19. The lowest BCUT2D eigenvalue weighted by atomic mass is 9.87.